The number of hydrogen-bond acceptors (Lipinski definition) is 3. The third-order valence-electron chi connectivity index (χ3n) is 1.99. The molecule has 96 valence electrons. The summed E-state index contributed by atoms with van der Waals surface area (Å²) in [5, 5.41) is 0. The van der Waals surface area contributed by atoms with Crippen LogP contribution in [0, 0.1) is 0 Å². The molecule has 0 aliphatic carbocycles. The predicted octanol–water partition coefficient (Wildman–Crippen LogP) is 3.20. The van der Waals surface area contributed by atoms with Crippen molar-refractivity contribution in [1.82, 2.24) is 0 Å². The van der Waals surface area contributed by atoms with Crippen LogP contribution in [0.2, 0.25) is 0 Å². The van der Waals surface area contributed by atoms with Crippen molar-refractivity contribution in [3.63, 3.8) is 0 Å². The lowest BCUT2D eigenvalue weighted by atomic mass is 10.2. The summed E-state index contributed by atoms with van der Waals surface area (Å²) in [6, 6.07) is 5.01. The van der Waals surface area contributed by atoms with Crippen molar-refractivity contribution in [1.29, 1.82) is 0 Å². The van der Waals surface area contributed by atoms with Crippen LogP contribution in [0.25, 0.3) is 0 Å². The molecule has 0 saturated carbocycles. The van der Waals surface area contributed by atoms with Gasteiger partial charge < -0.3 is 10.5 Å². The van der Waals surface area contributed by atoms with Crippen molar-refractivity contribution < 1.29 is 17.9 Å². The Labute approximate surface area is 102 Å². The number of thioether (sulfide) groups is 1. The molecule has 2 N–H and O–H groups in total. The molecule has 1 aromatic carbocycles. The van der Waals surface area contributed by atoms with Gasteiger partial charge in [-0.05, 0) is 17.9 Å². The number of nitrogens with two attached hydrogens (primary N) is 1. The second-order valence-corrected chi connectivity index (χ2v) is 4.58. The summed E-state index contributed by atoms with van der Waals surface area (Å²) in [4.78, 5) is 0.870. The average Bonchev–Trinajstić information content (AvgIpc) is 2.26. The zero-order chi connectivity index (χ0) is 12.9. The SMILES string of the molecule is CCSc1cccc(OCC(F)(F)F)c1CN. The van der Waals surface area contributed by atoms with Gasteiger partial charge in [-0.1, -0.05) is 13.0 Å². The van der Waals surface area contributed by atoms with Crippen molar-refractivity contribution in [2.75, 3.05) is 12.4 Å². The second-order valence-electron chi connectivity index (χ2n) is 3.27. The van der Waals surface area contributed by atoms with Crippen LogP contribution in [0.3, 0.4) is 0 Å². The Morgan fingerprint density at radius 1 is 1.35 bits per heavy atom. The van der Waals surface area contributed by atoms with E-state index in [4.69, 9.17) is 10.5 Å². The highest BCUT2D eigenvalue weighted by molar-refractivity contribution is 7.99. The van der Waals surface area contributed by atoms with Gasteiger partial charge in [-0.2, -0.15) is 13.2 Å². The van der Waals surface area contributed by atoms with Crippen LogP contribution in [0.1, 0.15) is 12.5 Å². The minimum Gasteiger partial charge on any atom is -0.484 e. The molecule has 0 unspecified atom stereocenters. The summed E-state index contributed by atoms with van der Waals surface area (Å²) < 4.78 is 41.0. The van der Waals surface area contributed by atoms with Gasteiger partial charge >= 0.3 is 6.18 Å². The molecule has 0 aliphatic heterocycles. The summed E-state index contributed by atoms with van der Waals surface area (Å²) >= 11 is 1.53. The minimum absolute atomic E-state index is 0.163. The van der Waals surface area contributed by atoms with Crippen LogP contribution in [0.4, 0.5) is 13.2 Å². The topological polar surface area (TPSA) is 35.2 Å². The molecule has 0 bridgehead atoms. The standard InChI is InChI=1S/C11H14F3NOS/c1-2-17-10-5-3-4-9(8(10)6-15)16-7-11(12,13)14/h3-5H,2,6-7,15H2,1H3. The van der Waals surface area contributed by atoms with Crippen LogP contribution >= 0.6 is 11.8 Å². The van der Waals surface area contributed by atoms with Crippen LogP contribution in [-0.2, 0) is 6.54 Å². The first-order chi connectivity index (χ1) is 7.98. The van der Waals surface area contributed by atoms with Gasteiger partial charge in [-0.3, -0.25) is 0 Å². The number of alkyl halides is 3. The van der Waals surface area contributed by atoms with E-state index in [0.29, 0.717) is 5.56 Å². The van der Waals surface area contributed by atoms with Crippen LogP contribution in [0.5, 0.6) is 5.75 Å². The normalized spacial score (nSPS) is 11.6. The molecule has 0 radical (unpaired) electrons. The van der Waals surface area contributed by atoms with Gasteiger partial charge in [0.15, 0.2) is 6.61 Å². The lowest BCUT2D eigenvalue weighted by Crippen LogP contribution is -2.20. The summed E-state index contributed by atoms with van der Waals surface area (Å²) in [6.45, 7) is 0.838. The Kier molecular flexibility index (Phi) is 5.14. The van der Waals surface area contributed by atoms with E-state index in [1.165, 1.54) is 17.8 Å². The molecule has 0 fully saturated rings. The Balaban J connectivity index is 2.87. The van der Waals surface area contributed by atoms with E-state index >= 15 is 0 Å². The van der Waals surface area contributed by atoms with Gasteiger partial charge in [0.1, 0.15) is 5.75 Å². The number of ether oxygens (including phenoxy) is 1. The molecular weight excluding hydrogens is 251 g/mol. The largest absolute Gasteiger partial charge is 0.484 e. The maximum Gasteiger partial charge on any atom is 0.422 e. The molecule has 0 amide bonds. The van der Waals surface area contributed by atoms with Crippen molar-refractivity contribution in [3.8, 4) is 5.75 Å². The van der Waals surface area contributed by atoms with Crippen LogP contribution in [-0.4, -0.2) is 18.5 Å². The first kappa shape index (κ1) is 14.2. The highest BCUT2D eigenvalue weighted by atomic mass is 32.2. The molecule has 1 rings (SSSR count). The smallest absolute Gasteiger partial charge is 0.422 e. The Morgan fingerprint density at radius 3 is 2.59 bits per heavy atom. The van der Waals surface area contributed by atoms with E-state index in [0.717, 1.165) is 10.6 Å². The number of halogens is 3. The molecule has 0 aromatic heterocycles. The van der Waals surface area contributed by atoms with Gasteiger partial charge in [-0.25, -0.2) is 0 Å². The fourth-order valence-corrected chi connectivity index (χ4v) is 2.18. The van der Waals surface area contributed by atoms with E-state index in [-0.39, 0.29) is 12.3 Å². The molecular formula is C11H14F3NOS. The quantitative estimate of drug-likeness (QED) is 0.830. The van der Waals surface area contributed by atoms with Crippen molar-refractivity contribution >= 4 is 11.8 Å². The molecule has 0 saturated heterocycles. The molecule has 6 heteroatoms. The van der Waals surface area contributed by atoms with Crippen molar-refractivity contribution in [2.45, 2.75) is 24.5 Å². The average molecular weight is 265 g/mol. The monoisotopic (exact) mass is 265 g/mol. The summed E-state index contributed by atoms with van der Waals surface area (Å²) in [5.74, 6) is 1.04. The molecule has 2 nitrogen and oxygen atoms in total. The fraction of sp³-hybridized carbons (Fsp3) is 0.455. The van der Waals surface area contributed by atoms with Gasteiger partial charge in [0.25, 0.3) is 0 Å². The Bertz CT molecular complexity index is 368. The first-order valence-electron chi connectivity index (χ1n) is 5.12. The second kappa shape index (κ2) is 6.16. The maximum atomic E-state index is 12.1. The van der Waals surface area contributed by atoms with Gasteiger partial charge in [0, 0.05) is 17.0 Å². The highest BCUT2D eigenvalue weighted by Gasteiger charge is 2.28. The Hall–Kier alpha value is -0.880. The zero-order valence-corrected chi connectivity index (χ0v) is 10.2. The van der Waals surface area contributed by atoms with Gasteiger partial charge in [-0.15, -0.1) is 11.8 Å². The summed E-state index contributed by atoms with van der Waals surface area (Å²) in [6.07, 6.45) is -4.33. The van der Waals surface area contributed by atoms with Crippen molar-refractivity contribution in [2.24, 2.45) is 5.73 Å². The lowest BCUT2D eigenvalue weighted by Gasteiger charge is -2.14. The number of hydrogen-bond donors (Lipinski definition) is 1. The maximum absolute atomic E-state index is 12.1. The molecule has 1 aromatic rings. The van der Waals surface area contributed by atoms with Crippen LogP contribution < -0.4 is 10.5 Å². The van der Waals surface area contributed by atoms with Crippen LogP contribution in [0.15, 0.2) is 23.1 Å². The minimum atomic E-state index is -4.33. The highest BCUT2D eigenvalue weighted by Crippen LogP contribution is 2.30. The fourth-order valence-electron chi connectivity index (χ4n) is 1.33. The summed E-state index contributed by atoms with van der Waals surface area (Å²) in [7, 11) is 0. The molecule has 17 heavy (non-hydrogen) atoms. The van der Waals surface area contributed by atoms with E-state index in [2.05, 4.69) is 0 Å². The van der Waals surface area contributed by atoms with Gasteiger partial charge in [0.05, 0.1) is 0 Å². The molecule has 0 heterocycles. The van der Waals surface area contributed by atoms with E-state index < -0.39 is 12.8 Å². The summed E-state index contributed by atoms with van der Waals surface area (Å²) in [5.41, 5.74) is 6.17. The predicted molar refractivity (Wildman–Crippen MR) is 62.3 cm³/mol. The zero-order valence-electron chi connectivity index (χ0n) is 9.38. The molecule has 0 spiro atoms. The van der Waals surface area contributed by atoms with E-state index in [1.54, 1.807) is 6.07 Å². The number of rotatable bonds is 5. The van der Waals surface area contributed by atoms with Crippen molar-refractivity contribution in [3.05, 3.63) is 23.8 Å². The Morgan fingerprint density at radius 2 is 2.06 bits per heavy atom. The van der Waals surface area contributed by atoms with Gasteiger partial charge in [0.2, 0.25) is 0 Å². The molecule has 0 aliphatic rings. The third-order valence-corrected chi connectivity index (χ3v) is 2.97. The number of benzene rings is 1. The first-order valence-corrected chi connectivity index (χ1v) is 6.10. The molecule has 0 atom stereocenters. The van der Waals surface area contributed by atoms with E-state index in [9.17, 15) is 13.2 Å². The lowest BCUT2D eigenvalue weighted by molar-refractivity contribution is -0.153. The van der Waals surface area contributed by atoms with E-state index in [1.807, 2.05) is 13.0 Å². The third kappa shape index (κ3) is 4.47.